The van der Waals surface area contributed by atoms with Crippen LogP contribution in [0, 0.1) is 6.92 Å². The molecule has 88 valence electrons. The summed E-state index contributed by atoms with van der Waals surface area (Å²) in [4.78, 5) is 4.30. The van der Waals surface area contributed by atoms with Gasteiger partial charge in [0.25, 0.3) is 0 Å². The van der Waals surface area contributed by atoms with E-state index in [4.69, 9.17) is 5.73 Å². The van der Waals surface area contributed by atoms with E-state index >= 15 is 0 Å². The van der Waals surface area contributed by atoms with Gasteiger partial charge in [0.15, 0.2) is 0 Å². The van der Waals surface area contributed by atoms with Crippen molar-refractivity contribution in [2.75, 3.05) is 0 Å². The lowest BCUT2D eigenvalue weighted by atomic mass is 9.98. The van der Waals surface area contributed by atoms with Gasteiger partial charge in [0.05, 0.1) is 0 Å². The predicted octanol–water partition coefficient (Wildman–Crippen LogP) is 3.40. The molecule has 2 aromatic rings. The molecule has 0 fully saturated rings. The molecule has 0 aliphatic rings. The van der Waals surface area contributed by atoms with E-state index in [1.54, 1.807) is 6.20 Å². The van der Waals surface area contributed by atoms with E-state index in [-0.39, 0.29) is 6.04 Å². The Morgan fingerprint density at radius 1 is 1.29 bits per heavy atom. The lowest BCUT2D eigenvalue weighted by Crippen LogP contribution is -2.15. The van der Waals surface area contributed by atoms with Crippen LogP contribution in [0.25, 0.3) is 0 Å². The minimum atomic E-state index is -0.00185. The summed E-state index contributed by atoms with van der Waals surface area (Å²) in [6.45, 7) is 2.08. The van der Waals surface area contributed by atoms with Gasteiger partial charge in [0, 0.05) is 28.8 Å². The molecule has 0 saturated heterocycles. The van der Waals surface area contributed by atoms with Crippen LogP contribution >= 0.6 is 15.9 Å². The average Bonchev–Trinajstić information content (AvgIpc) is 2.30. The van der Waals surface area contributed by atoms with E-state index in [2.05, 4.69) is 40.0 Å². The lowest BCUT2D eigenvalue weighted by molar-refractivity contribution is 0.702. The van der Waals surface area contributed by atoms with Gasteiger partial charge in [-0.1, -0.05) is 28.1 Å². The van der Waals surface area contributed by atoms with Crippen molar-refractivity contribution in [3.05, 3.63) is 63.9 Å². The maximum absolute atomic E-state index is 6.22. The van der Waals surface area contributed by atoms with Crippen LogP contribution in [0.4, 0.5) is 0 Å². The Balaban J connectivity index is 2.17. The van der Waals surface area contributed by atoms with E-state index in [1.165, 1.54) is 11.1 Å². The molecule has 1 atom stereocenters. The molecule has 0 bridgehead atoms. The molecule has 0 aliphatic heterocycles. The Kier molecular flexibility index (Phi) is 3.92. The first-order chi connectivity index (χ1) is 8.16. The largest absolute Gasteiger partial charge is 0.324 e. The third kappa shape index (κ3) is 3.14. The maximum atomic E-state index is 6.22. The molecule has 0 radical (unpaired) electrons. The van der Waals surface area contributed by atoms with Crippen molar-refractivity contribution in [3.63, 3.8) is 0 Å². The normalized spacial score (nSPS) is 12.4. The van der Waals surface area contributed by atoms with Gasteiger partial charge < -0.3 is 5.73 Å². The minimum Gasteiger partial charge on any atom is -0.324 e. The SMILES string of the molecule is Cc1cc(Br)ccc1C(N)Cc1ccccn1. The predicted molar refractivity (Wildman–Crippen MR) is 73.7 cm³/mol. The fraction of sp³-hybridized carbons (Fsp3) is 0.214. The quantitative estimate of drug-likeness (QED) is 0.941. The molecular weight excluding hydrogens is 276 g/mol. The summed E-state index contributed by atoms with van der Waals surface area (Å²) in [5, 5.41) is 0. The molecule has 1 unspecified atom stereocenters. The van der Waals surface area contributed by atoms with Gasteiger partial charge in [-0.15, -0.1) is 0 Å². The Labute approximate surface area is 110 Å². The van der Waals surface area contributed by atoms with E-state index in [1.807, 2.05) is 24.3 Å². The second kappa shape index (κ2) is 5.43. The molecule has 3 heteroatoms. The lowest BCUT2D eigenvalue weighted by Gasteiger charge is -2.14. The Morgan fingerprint density at radius 3 is 2.76 bits per heavy atom. The summed E-state index contributed by atoms with van der Waals surface area (Å²) in [5.74, 6) is 0. The van der Waals surface area contributed by atoms with Crippen molar-refractivity contribution in [2.45, 2.75) is 19.4 Å². The van der Waals surface area contributed by atoms with Crippen LogP contribution in [0.2, 0.25) is 0 Å². The van der Waals surface area contributed by atoms with Gasteiger partial charge >= 0.3 is 0 Å². The maximum Gasteiger partial charge on any atom is 0.0422 e. The first-order valence-corrected chi connectivity index (χ1v) is 6.37. The molecule has 1 aromatic carbocycles. The zero-order chi connectivity index (χ0) is 12.3. The molecule has 0 spiro atoms. The highest BCUT2D eigenvalue weighted by atomic mass is 79.9. The van der Waals surface area contributed by atoms with Crippen LogP contribution in [-0.2, 0) is 6.42 Å². The standard InChI is InChI=1S/C14H15BrN2/c1-10-8-11(15)5-6-13(10)14(16)9-12-4-2-3-7-17-12/h2-8,14H,9,16H2,1H3. The van der Waals surface area contributed by atoms with Crippen LogP contribution in [0.5, 0.6) is 0 Å². The zero-order valence-corrected chi connectivity index (χ0v) is 11.3. The molecule has 2 rings (SSSR count). The zero-order valence-electron chi connectivity index (χ0n) is 9.73. The number of aryl methyl sites for hydroxylation is 1. The third-order valence-corrected chi connectivity index (χ3v) is 3.28. The van der Waals surface area contributed by atoms with Crippen LogP contribution in [0.15, 0.2) is 47.1 Å². The van der Waals surface area contributed by atoms with Gasteiger partial charge in [0.2, 0.25) is 0 Å². The van der Waals surface area contributed by atoms with Gasteiger partial charge in [-0.2, -0.15) is 0 Å². The number of rotatable bonds is 3. The summed E-state index contributed by atoms with van der Waals surface area (Å²) in [6, 6.07) is 12.1. The first-order valence-electron chi connectivity index (χ1n) is 5.58. The van der Waals surface area contributed by atoms with Gasteiger partial charge in [-0.25, -0.2) is 0 Å². The van der Waals surface area contributed by atoms with Crippen molar-refractivity contribution >= 4 is 15.9 Å². The molecule has 0 amide bonds. The Bertz CT molecular complexity index is 497. The molecule has 2 N–H and O–H groups in total. The highest BCUT2D eigenvalue weighted by Crippen LogP contribution is 2.22. The molecule has 0 aliphatic carbocycles. The Hall–Kier alpha value is -1.19. The minimum absolute atomic E-state index is 0.00185. The van der Waals surface area contributed by atoms with Crippen LogP contribution in [-0.4, -0.2) is 4.98 Å². The van der Waals surface area contributed by atoms with Crippen molar-refractivity contribution in [2.24, 2.45) is 5.73 Å². The number of nitrogens with two attached hydrogens (primary N) is 1. The smallest absolute Gasteiger partial charge is 0.0422 e. The van der Waals surface area contributed by atoms with E-state index < -0.39 is 0 Å². The number of hydrogen-bond acceptors (Lipinski definition) is 2. The second-order valence-electron chi connectivity index (χ2n) is 4.13. The highest BCUT2D eigenvalue weighted by Gasteiger charge is 2.10. The third-order valence-electron chi connectivity index (χ3n) is 2.79. The Morgan fingerprint density at radius 2 is 2.12 bits per heavy atom. The topological polar surface area (TPSA) is 38.9 Å². The van der Waals surface area contributed by atoms with Gasteiger partial charge in [-0.05, 0) is 42.3 Å². The summed E-state index contributed by atoms with van der Waals surface area (Å²) in [6.07, 6.45) is 2.57. The van der Waals surface area contributed by atoms with Crippen molar-refractivity contribution in [1.29, 1.82) is 0 Å². The van der Waals surface area contributed by atoms with Crippen molar-refractivity contribution < 1.29 is 0 Å². The number of benzene rings is 1. The summed E-state index contributed by atoms with van der Waals surface area (Å²) >= 11 is 3.46. The summed E-state index contributed by atoms with van der Waals surface area (Å²) in [7, 11) is 0. The van der Waals surface area contributed by atoms with Crippen molar-refractivity contribution in [1.82, 2.24) is 4.98 Å². The number of aromatic nitrogens is 1. The summed E-state index contributed by atoms with van der Waals surface area (Å²) < 4.78 is 1.09. The number of pyridine rings is 1. The first kappa shape index (κ1) is 12.3. The molecule has 1 aromatic heterocycles. The van der Waals surface area contributed by atoms with Gasteiger partial charge in [0.1, 0.15) is 0 Å². The molecule has 1 heterocycles. The van der Waals surface area contributed by atoms with E-state index in [0.29, 0.717) is 0 Å². The van der Waals surface area contributed by atoms with Crippen LogP contribution in [0.1, 0.15) is 22.9 Å². The van der Waals surface area contributed by atoms with Crippen LogP contribution < -0.4 is 5.73 Å². The fourth-order valence-electron chi connectivity index (χ4n) is 1.91. The average molecular weight is 291 g/mol. The molecule has 17 heavy (non-hydrogen) atoms. The van der Waals surface area contributed by atoms with Crippen LogP contribution in [0.3, 0.4) is 0 Å². The highest BCUT2D eigenvalue weighted by molar-refractivity contribution is 9.10. The van der Waals surface area contributed by atoms with E-state index in [0.717, 1.165) is 16.6 Å². The second-order valence-corrected chi connectivity index (χ2v) is 5.05. The summed E-state index contributed by atoms with van der Waals surface area (Å²) in [5.41, 5.74) is 9.64. The number of halogens is 1. The molecule has 2 nitrogen and oxygen atoms in total. The van der Waals surface area contributed by atoms with Crippen molar-refractivity contribution in [3.8, 4) is 0 Å². The van der Waals surface area contributed by atoms with Gasteiger partial charge in [-0.3, -0.25) is 4.98 Å². The van der Waals surface area contributed by atoms with E-state index in [9.17, 15) is 0 Å². The monoisotopic (exact) mass is 290 g/mol. The molecular formula is C14H15BrN2. The fourth-order valence-corrected chi connectivity index (χ4v) is 2.38. The number of nitrogens with zero attached hydrogens (tertiary/aromatic N) is 1. The molecule has 0 saturated carbocycles. The number of hydrogen-bond donors (Lipinski definition) is 1.